The first kappa shape index (κ1) is 13.5. The first-order valence-electron chi connectivity index (χ1n) is 6.20. The molecule has 1 N–H and O–H groups in total. The average molecular weight is 228 g/mol. The van der Waals surface area contributed by atoms with E-state index in [4.69, 9.17) is 5.11 Å². The summed E-state index contributed by atoms with van der Waals surface area (Å²) in [5, 5.41) is 8.72. The monoisotopic (exact) mass is 228 g/mol. The third-order valence-electron chi connectivity index (χ3n) is 3.45. The van der Waals surface area contributed by atoms with Gasteiger partial charge in [0, 0.05) is 31.6 Å². The molecule has 0 aromatic rings. The highest BCUT2D eigenvalue weighted by Crippen LogP contribution is 2.17. The number of rotatable bonds is 5. The number of carbonyl (C=O) groups is 1. The molecule has 0 radical (unpaired) electrons. The second-order valence-electron chi connectivity index (χ2n) is 4.87. The number of aliphatic carboxylic acids is 1. The Bertz CT molecular complexity index is 233. The fraction of sp³-hybridized carbons (Fsp3) is 0.917. The van der Waals surface area contributed by atoms with E-state index in [1.165, 1.54) is 6.42 Å². The molecule has 1 rings (SSSR count). The van der Waals surface area contributed by atoms with E-state index in [2.05, 4.69) is 30.7 Å². The zero-order valence-electron chi connectivity index (χ0n) is 10.6. The quantitative estimate of drug-likeness (QED) is 0.769. The minimum absolute atomic E-state index is 0.281. The van der Waals surface area contributed by atoms with E-state index in [0.717, 1.165) is 26.1 Å². The summed E-state index contributed by atoms with van der Waals surface area (Å²) in [6, 6.07) is 0.991. The molecule has 2 atom stereocenters. The summed E-state index contributed by atoms with van der Waals surface area (Å²) < 4.78 is 0. The number of piperazine rings is 1. The van der Waals surface area contributed by atoms with Crippen LogP contribution in [0.25, 0.3) is 0 Å². The van der Waals surface area contributed by atoms with Crippen molar-refractivity contribution >= 4 is 5.97 Å². The predicted octanol–water partition coefficient (Wildman–Crippen LogP) is 1.27. The lowest BCUT2D eigenvalue weighted by molar-refractivity contribution is -0.137. The van der Waals surface area contributed by atoms with Crippen LogP contribution >= 0.6 is 0 Å². The van der Waals surface area contributed by atoms with Gasteiger partial charge in [-0.2, -0.15) is 0 Å². The Balaban J connectivity index is 2.46. The van der Waals surface area contributed by atoms with Crippen molar-refractivity contribution in [2.45, 2.75) is 45.2 Å². The summed E-state index contributed by atoms with van der Waals surface area (Å²) in [5.41, 5.74) is 0. The van der Waals surface area contributed by atoms with Gasteiger partial charge in [0.1, 0.15) is 0 Å². The fourth-order valence-corrected chi connectivity index (χ4v) is 2.47. The normalized spacial score (nSPS) is 28.2. The van der Waals surface area contributed by atoms with Crippen molar-refractivity contribution in [2.75, 3.05) is 26.7 Å². The number of hydrogen-bond donors (Lipinski definition) is 1. The van der Waals surface area contributed by atoms with Gasteiger partial charge in [0.25, 0.3) is 0 Å². The van der Waals surface area contributed by atoms with Crippen LogP contribution in [-0.2, 0) is 4.79 Å². The molecule has 16 heavy (non-hydrogen) atoms. The minimum Gasteiger partial charge on any atom is -0.481 e. The van der Waals surface area contributed by atoms with Crippen LogP contribution in [0.15, 0.2) is 0 Å². The highest BCUT2D eigenvalue weighted by atomic mass is 16.4. The van der Waals surface area contributed by atoms with Crippen LogP contribution in [0.1, 0.15) is 33.1 Å². The van der Waals surface area contributed by atoms with Crippen LogP contribution < -0.4 is 0 Å². The van der Waals surface area contributed by atoms with Gasteiger partial charge in [-0.05, 0) is 33.4 Å². The van der Waals surface area contributed by atoms with Gasteiger partial charge in [0.15, 0.2) is 0 Å². The molecule has 0 aliphatic carbocycles. The fourth-order valence-electron chi connectivity index (χ4n) is 2.47. The van der Waals surface area contributed by atoms with Crippen molar-refractivity contribution in [3.63, 3.8) is 0 Å². The van der Waals surface area contributed by atoms with Gasteiger partial charge in [-0.1, -0.05) is 6.92 Å². The molecule has 0 aromatic carbocycles. The molecule has 0 bridgehead atoms. The van der Waals surface area contributed by atoms with Crippen molar-refractivity contribution in [1.82, 2.24) is 9.80 Å². The molecule has 0 amide bonds. The Hall–Kier alpha value is -0.610. The summed E-state index contributed by atoms with van der Waals surface area (Å²) in [7, 11) is 2.10. The molecule has 4 nitrogen and oxygen atoms in total. The molecule has 0 saturated carbocycles. The molecule has 1 fully saturated rings. The lowest BCUT2D eigenvalue weighted by atomic mass is 10.0. The van der Waals surface area contributed by atoms with E-state index < -0.39 is 5.97 Å². The van der Waals surface area contributed by atoms with Crippen LogP contribution in [-0.4, -0.2) is 59.6 Å². The van der Waals surface area contributed by atoms with E-state index in [0.29, 0.717) is 12.1 Å². The molecule has 1 heterocycles. The zero-order valence-corrected chi connectivity index (χ0v) is 10.6. The van der Waals surface area contributed by atoms with Crippen molar-refractivity contribution in [1.29, 1.82) is 0 Å². The Labute approximate surface area is 98.2 Å². The number of likely N-dealkylation sites (N-methyl/N-ethyl adjacent to an activating group) is 1. The first-order valence-corrected chi connectivity index (χ1v) is 6.20. The summed E-state index contributed by atoms with van der Waals surface area (Å²) in [6.07, 6.45) is 2.21. The van der Waals surface area contributed by atoms with Gasteiger partial charge in [0.2, 0.25) is 0 Å². The number of carboxylic acid groups (broad SMARTS) is 1. The van der Waals surface area contributed by atoms with Gasteiger partial charge >= 0.3 is 5.97 Å². The van der Waals surface area contributed by atoms with Crippen LogP contribution in [0.2, 0.25) is 0 Å². The van der Waals surface area contributed by atoms with Crippen LogP contribution in [0, 0.1) is 0 Å². The van der Waals surface area contributed by atoms with Gasteiger partial charge in [-0.3, -0.25) is 9.69 Å². The van der Waals surface area contributed by atoms with E-state index >= 15 is 0 Å². The van der Waals surface area contributed by atoms with Crippen molar-refractivity contribution in [2.24, 2.45) is 0 Å². The third kappa shape index (κ3) is 3.76. The summed E-state index contributed by atoms with van der Waals surface area (Å²) in [4.78, 5) is 15.4. The van der Waals surface area contributed by atoms with Gasteiger partial charge < -0.3 is 10.0 Å². The molecule has 2 unspecified atom stereocenters. The highest BCUT2D eigenvalue weighted by molar-refractivity contribution is 5.66. The molecule has 1 saturated heterocycles. The van der Waals surface area contributed by atoms with Gasteiger partial charge in [-0.15, -0.1) is 0 Å². The molecular formula is C12H24N2O2. The van der Waals surface area contributed by atoms with Crippen molar-refractivity contribution in [3.05, 3.63) is 0 Å². The Morgan fingerprint density at radius 1 is 1.44 bits per heavy atom. The Morgan fingerprint density at radius 3 is 2.69 bits per heavy atom. The third-order valence-corrected chi connectivity index (χ3v) is 3.45. The van der Waals surface area contributed by atoms with Crippen LogP contribution in [0.5, 0.6) is 0 Å². The van der Waals surface area contributed by atoms with Gasteiger partial charge in [-0.25, -0.2) is 0 Å². The smallest absolute Gasteiger partial charge is 0.303 e. The average Bonchev–Trinajstić information content (AvgIpc) is 2.20. The molecule has 94 valence electrons. The number of nitrogens with zero attached hydrogens (tertiary/aromatic N) is 2. The second-order valence-corrected chi connectivity index (χ2v) is 4.87. The molecule has 4 heteroatoms. The summed E-state index contributed by atoms with van der Waals surface area (Å²) in [6.45, 7) is 7.62. The minimum atomic E-state index is -0.686. The van der Waals surface area contributed by atoms with Crippen LogP contribution in [0.3, 0.4) is 0 Å². The number of carboxylic acids is 1. The zero-order chi connectivity index (χ0) is 12.1. The van der Waals surface area contributed by atoms with Gasteiger partial charge in [0.05, 0.1) is 0 Å². The van der Waals surface area contributed by atoms with E-state index in [1.807, 2.05) is 0 Å². The summed E-state index contributed by atoms with van der Waals surface area (Å²) >= 11 is 0. The molecule has 0 spiro atoms. The summed E-state index contributed by atoms with van der Waals surface area (Å²) in [5.74, 6) is -0.686. The molecule has 0 aromatic heterocycles. The van der Waals surface area contributed by atoms with Crippen LogP contribution in [0.4, 0.5) is 0 Å². The van der Waals surface area contributed by atoms with Crippen molar-refractivity contribution < 1.29 is 9.90 Å². The lowest BCUT2D eigenvalue weighted by Crippen LogP contribution is -2.56. The highest BCUT2D eigenvalue weighted by Gasteiger charge is 2.28. The Morgan fingerprint density at radius 2 is 2.12 bits per heavy atom. The molecular weight excluding hydrogens is 204 g/mol. The first-order chi connectivity index (χ1) is 7.54. The van der Waals surface area contributed by atoms with E-state index in [-0.39, 0.29) is 6.42 Å². The Kier molecular flexibility index (Phi) is 5.22. The maximum absolute atomic E-state index is 10.6. The van der Waals surface area contributed by atoms with Crippen molar-refractivity contribution in [3.8, 4) is 0 Å². The molecule has 1 aliphatic rings. The predicted molar refractivity (Wildman–Crippen MR) is 64.6 cm³/mol. The van der Waals surface area contributed by atoms with E-state index in [9.17, 15) is 4.79 Å². The maximum Gasteiger partial charge on any atom is 0.303 e. The maximum atomic E-state index is 10.6. The number of hydrogen-bond acceptors (Lipinski definition) is 3. The SMILES string of the molecule is CCCN1CC(CCC(=O)O)N(C)CC1C. The topological polar surface area (TPSA) is 43.8 Å². The molecule has 1 aliphatic heterocycles. The van der Waals surface area contributed by atoms with E-state index in [1.54, 1.807) is 0 Å². The standard InChI is InChI=1S/C12H24N2O2/c1-4-7-14-9-11(5-6-12(15)16)13(3)8-10(14)2/h10-11H,4-9H2,1-3H3,(H,15,16). The lowest BCUT2D eigenvalue weighted by Gasteiger charge is -2.43. The largest absolute Gasteiger partial charge is 0.481 e. The second kappa shape index (κ2) is 6.21.